The third-order valence-electron chi connectivity index (χ3n) is 4.43. The highest BCUT2D eigenvalue weighted by atomic mass is 16.4. The van der Waals surface area contributed by atoms with Crippen molar-refractivity contribution in [2.24, 2.45) is 11.3 Å². The minimum Gasteiger partial charge on any atom is -0.480 e. The summed E-state index contributed by atoms with van der Waals surface area (Å²) in [6, 6.07) is 0.170. The van der Waals surface area contributed by atoms with Crippen LogP contribution in [0.25, 0.3) is 0 Å². The van der Waals surface area contributed by atoms with Crippen LogP contribution in [0.5, 0.6) is 0 Å². The molecule has 0 aromatic rings. The van der Waals surface area contributed by atoms with Crippen LogP contribution < -0.4 is 5.32 Å². The lowest BCUT2D eigenvalue weighted by Gasteiger charge is -2.41. The molecule has 118 valence electrons. The van der Waals surface area contributed by atoms with Gasteiger partial charge in [-0.2, -0.15) is 0 Å². The van der Waals surface area contributed by atoms with E-state index in [-0.39, 0.29) is 6.04 Å². The number of aliphatic carboxylic acids is 1. The zero-order valence-corrected chi connectivity index (χ0v) is 14.0. The Bertz CT molecular complexity index is 328. The molecule has 4 nitrogen and oxygen atoms in total. The minimum absolute atomic E-state index is 0.170. The topological polar surface area (TPSA) is 52.6 Å². The second kappa shape index (κ2) is 6.44. The van der Waals surface area contributed by atoms with Crippen molar-refractivity contribution in [3.8, 4) is 0 Å². The van der Waals surface area contributed by atoms with E-state index in [1.54, 1.807) is 6.92 Å². The summed E-state index contributed by atoms with van der Waals surface area (Å²) in [4.78, 5) is 13.9. The second-order valence-electron chi connectivity index (χ2n) is 7.85. The van der Waals surface area contributed by atoms with Gasteiger partial charge in [-0.05, 0) is 58.0 Å². The maximum Gasteiger partial charge on any atom is 0.324 e. The number of carbonyl (C=O) groups is 1. The van der Waals surface area contributed by atoms with Crippen LogP contribution in [0.4, 0.5) is 0 Å². The molecule has 1 aliphatic rings. The second-order valence-corrected chi connectivity index (χ2v) is 7.85. The van der Waals surface area contributed by atoms with Gasteiger partial charge < -0.3 is 10.0 Å². The number of carboxylic acid groups (broad SMARTS) is 1. The first-order valence-corrected chi connectivity index (χ1v) is 7.78. The predicted octanol–water partition coefficient (Wildman–Crippen LogP) is 2.59. The van der Waals surface area contributed by atoms with Crippen molar-refractivity contribution in [3.05, 3.63) is 0 Å². The number of nitrogens with one attached hydrogen (secondary N) is 1. The molecule has 1 unspecified atom stereocenters. The van der Waals surface area contributed by atoms with Crippen molar-refractivity contribution >= 4 is 5.97 Å². The highest BCUT2D eigenvalue weighted by molar-refractivity contribution is 5.78. The fourth-order valence-electron chi connectivity index (χ4n) is 3.22. The van der Waals surface area contributed by atoms with Gasteiger partial charge in [0, 0.05) is 12.6 Å². The number of rotatable bonds is 5. The Morgan fingerprint density at radius 2 is 1.75 bits per heavy atom. The van der Waals surface area contributed by atoms with Gasteiger partial charge in [-0.3, -0.25) is 10.1 Å². The van der Waals surface area contributed by atoms with Gasteiger partial charge in [0.2, 0.25) is 0 Å². The number of likely N-dealkylation sites (tertiary alicyclic amines) is 1. The quantitative estimate of drug-likeness (QED) is 0.815. The van der Waals surface area contributed by atoms with Gasteiger partial charge in [0.25, 0.3) is 0 Å². The predicted molar refractivity (Wildman–Crippen MR) is 82.9 cm³/mol. The molecule has 1 heterocycles. The number of hydrogen-bond donors (Lipinski definition) is 2. The molecule has 0 amide bonds. The van der Waals surface area contributed by atoms with E-state index in [9.17, 15) is 9.90 Å². The largest absolute Gasteiger partial charge is 0.480 e. The van der Waals surface area contributed by atoms with E-state index in [0.29, 0.717) is 12.0 Å². The molecule has 0 aromatic heterocycles. The van der Waals surface area contributed by atoms with Crippen LogP contribution in [0, 0.1) is 11.3 Å². The zero-order chi connectivity index (χ0) is 15.6. The average molecular weight is 284 g/mol. The van der Waals surface area contributed by atoms with Crippen LogP contribution in [0.1, 0.15) is 54.4 Å². The monoisotopic (exact) mass is 284 g/mol. The first kappa shape index (κ1) is 17.4. The molecule has 0 spiro atoms. The Kier molecular flexibility index (Phi) is 5.61. The van der Waals surface area contributed by atoms with Crippen molar-refractivity contribution in [2.75, 3.05) is 19.6 Å². The van der Waals surface area contributed by atoms with Crippen molar-refractivity contribution in [1.82, 2.24) is 10.2 Å². The van der Waals surface area contributed by atoms with Gasteiger partial charge in [0.05, 0.1) is 0 Å². The van der Waals surface area contributed by atoms with Crippen LogP contribution in [-0.2, 0) is 4.79 Å². The summed E-state index contributed by atoms with van der Waals surface area (Å²) in [5.41, 5.74) is -0.499. The lowest BCUT2D eigenvalue weighted by Crippen LogP contribution is -2.59. The van der Waals surface area contributed by atoms with E-state index >= 15 is 0 Å². The highest BCUT2D eigenvalue weighted by Crippen LogP contribution is 2.34. The highest BCUT2D eigenvalue weighted by Gasteiger charge is 2.37. The molecule has 2 N–H and O–H groups in total. The summed E-state index contributed by atoms with van der Waals surface area (Å²) in [5, 5.41) is 12.7. The molecule has 20 heavy (non-hydrogen) atoms. The first-order valence-electron chi connectivity index (χ1n) is 7.78. The van der Waals surface area contributed by atoms with Crippen molar-refractivity contribution < 1.29 is 9.90 Å². The van der Waals surface area contributed by atoms with Crippen LogP contribution in [0.15, 0.2) is 0 Å². The van der Waals surface area contributed by atoms with E-state index in [1.807, 2.05) is 13.8 Å². The fraction of sp³-hybridized carbons (Fsp3) is 0.938. The molecular formula is C16H32N2O2. The molecule has 0 radical (unpaired) electrons. The summed E-state index contributed by atoms with van der Waals surface area (Å²) in [5.74, 6) is -0.0166. The standard InChI is InChI=1S/C16H32N2O2/c1-12(2)17-16(6,14(19)20)11-18-9-7-13(8-10-18)15(3,4)5/h12-13,17H,7-11H2,1-6H3,(H,19,20). The maximum absolute atomic E-state index is 11.6. The molecule has 0 aliphatic carbocycles. The Morgan fingerprint density at radius 1 is 1.25 bits per heavy atom. The van der Waals surface area contributed by atoms with E-state index in [4.69, 9.17) is 0 Å². The Hall–Kier alpha value is -0.610. The summed E-state index contributed by atoms with van der Waals surface area (Å²) in [7, 11) is 0. The van der Waals surface area contributed by atoms with Crippen LogP contribution >= 0.6 is 0 Å². The molecule has 0 bridgehead atoms. The van der Waals surface area contributed by atoms with Crippen LogP contribution in [-0.4, -0.2) is 47.2 Å². The zero-order valence-electron chi connectivity index (χ0n) is 14.0. The van der Waals surface area contributed by atoms with Gasteiger partial charge in [0.1, 0.15) is 5.54 Å². The minimum atomic E-state index is -0.858. The molecule has 1 rings (SSSR count). The summed E-state index contributed by atoms with van der Waals surface area (Å²) >= 11 is 0. The van der Waals surface area contributed by atoms with Crippen LogP contribution in [0.3, 0.4) is 0 Å². The molecule has 4 heteroatoms. The van der Waals surface area contributed by atoms with Crippen LogP contribution in [0.2, 0.25) is 0 Å². The van der Waals surface area contributed by atoms with Gasteiger partial charge in [-0.1, -0.05) is 20.8 Å². The van der Waals surface area contributed by atoms with E-state index in [2.05, 4.69) is 31.0 Å². The summed E-state index contributed by atoms with van der Waals surface area (Å²) in [6.07, 6.45) is 2.34. The molecule has 1 saturated heterocycles. The van der Waals surface area contributed by atoms with E-state index in [1.165, 1.54) is 12.8 Å². The number of piperidine rings is 1. The molecule has 0 aromatic carbocycles. The summed E-state index contributed by atoms with van der Waals surface area (Å²) in [6.45, 7) is 15.3. The molecule has 1 atom stereocenters. The van der Waals surface area contributed by atoms with Gasteiger partial charge in [0.15, 0.2) is 0 Å². The fourth-order valence-corrected chi connectivity index (χ4v) is 3.22. The van der Waals surface area contributed by atoms with Gasteiger partial charge >= 0.3 is 5.97 Å². The normalized spacial score (nSPS) is 21.9. The molecule has 1 fully saturated rings. The first-order chi connectivity index (χ1) is 9.04. The average Bonchev–Trinajstić information content (AvgIpc) is 2.26. The van der Waals surface area contributed by atoms with Gasteiger partial charge in [-0.25, -0.2) is 0 Å². The van der Waals surface area contributed by atoms with Crippen molar-refractivity contribution in [2.45, 2.75) is 66.0 Å². The number of nitrogens with zero attached hydrogens (tertiary/aromatic N) is 1. The van der Waals surface area contributed by atoms with Crippen molar-refractivity contribution in [3.63, 3.8) is 0 Å². The number of hydrogen-bond acceptors (Lipinski definition) is 3. The van der Waals surface area contributed by atoms with E-state index in [0.717, 1.165) is 19.0 Å². The third-order valence-corrected chi connectivity index (χ3v) is 4.43. The van der Waals surface area contributed by atoms with E-state index < -0.39 is 11.5 Å². The maximum atomic E-state index is 11.6. The van der Waals surface area contributed by atoms with Crippen molar-refractivity contribution in [1.29, 1.82) is 0 Å². The Morgan fingerprint density at radius 3 is 2.10 bits per heavy atom. The third kappa shape index (κ3) is 4.74. The smallest absolute Gasteiger partial charge is 0.324 e. The lowest BCUT2D eigenvalue weighted by atomic mass is 9.75. The Balaban J connectivity index is 2.59. The SMILES string of the molecule is CC(C)NC(C)(CN1CCC(C(C)(C)C)CC1)C(=O)O. The number of carboxylic acids is 1. The molecule has 0 saturated carbocycles. The molecule has 1 aliphatic heterocycles. The summed E-state index contributed by atoms with van der Waals surface area (Å²) < 4.78 is 0. The molecular weight excluding hydrogens is 252 g/mol. The van der Waals surface area contributed by atoms with Gasteiger partial charge in [-0.15, -0.1) is 0 Å². The Labute approximate surface area is 123 Å². The lowest BCUT2D eigenvalue weighted by molar-refractivity contribution is -0.145.